The van der Waals surface area contributed by atoms with Gasteiger partial charge in [-0.1, -0.05) is 41.0 Å². The van der Waals surface area contributed by atoms with Gasteiger partial charge in [-0.3, -0.25) is 4.79 Å². The molecule has 2 aromatic carbocycles. The van der Waals surface area contributed by atoms with Crippen molar-refractivity contribution in [2.24, 2.45) is 0 Å². The van der Waals surface area contributed by atoms with Gasteiger partial charge in [-0.25, -0.2) is 0 Å². The van der Waals surface area contributed by atoms with Crippen LogP contribution < -0.4 is 5.32 Å². The van der Waals surface area contributed by atoms with E-state index < -0.39 is 0 Å². The van der Waals surface area contributed by atoms with E-state index in [9.17, 15) is 4.79 Å². The van der Waals surface area contributed by atoms with E-state index in [4.69, 9.17) is 25.6 Å². The Labute approximate surface area is 193 Å². The van der Waals surface area contributed by atoms with Crippen LogP contribution in [0, 0.1) is 0 Å². The van der Waals surface area contributed by atoms with Crippen LogP contribution in [0.3, 0.4) is 0 Å². The molecule has 3 rings (SSSR count). The number of aromatic nitrogens is 2. The van der Waals surface area contributed by atoms with Crippen LogP contribution in [0.4, 0.5) is 0 Å². The Bertz CT molecular complexity index is 975. The number of hydrogen-bond acceptors (Lipinski definition) is 6. The first-order valence-electron chi connectivity index (χ1n) is 10.7. The van der Waals surface area contributed by atoms with E-state index in [2.05, 4.69) is 15.5 Å². The van der Waals surface area contributed by atoms with Crippen LogP contribution in [0.15, 0.2) is 53.1 Å². The van der Waals surface area contributed by atoms with E-state index in [1.807, 2.05) is 43.3 Å². The summed E-state index contributed by atoms with van der Waals surface area (Å²) in [5, 5.41) is 7.59. The Kier molecular flexibility index (Phi) is 9.68. The van der Waals surface area contributed by atoms with Gasteiger partial charge in [-0.15, -0.1) is 0 Å². The SMILES string of the molecule is CCOCCOCc1cccc(CNC(=O)CCCc2nc(-c3ccc(Cl)cc3)no2)c1. The summed E-state index contributed by atoms with van der Waals surface area (Å²) in [6.07, 6.45) is 1.56. The number of ether oxygens (including phenoxy) is 2. The highest BCUT2D eigenvalue weighted by molar-refractivity contribution is 6.30. The molecule has 0 aliphatic carbocycles. The molecular formula is C24H28ClN3O4. The molecule has 0 saturated heterocycles. The molecule has 1 N–H and O–H groups in total. The average molecular weight is 458 g/mol. The molecule has 0 radical (unpaired) electrons. The molecule has 0 aliphatic rings. The van der Waals surface area contributed by atoms with E-state index in [1.165, 1.54) is 0 Å². The van der Waals surface area contributed by atoms with Gasteiger partial charge in [0.05, 0.1) is 19.8 Å². The molecule has 0 bridgehead atoms. The topological polar surface area (TPSA) is 86.5 Å². The van der Waals surface area contributed by atoms with Gasteiger partial charge in [-0.2, -0.15) is 4.98 Å². The van der Waals surface area contributed by atoms with Crippen molar-refractivity contribution in [3.63, 3.8) is 0 Å². The van der Waals surface area contributed by atoms with Gasteiger partial charge in [-0.05, 0) is 48.7 Å². The Morgan fingerprint density at radius 1 is 1.09 bits per heavy atom. The third-order valence-electron chi connectivity index (χ3n) is 4.69. The fourth-order valence-electron chi connectivity index (χ4n) is 3.04. The van der Waals surface area contributed by atoms with E-state index >= 15 is 0 Å². The van der Waals surface area contributed by atoms with Crippen molar-refractivity contribution in [1.29, 1.82) is 0 Å². The second-order valence-electron chi connectivity index (χ2n) is 7.22. The minimum atomic E-state index is -0.0131. The summed E-state index contributed by atoms with van der Waals surface area (Å²) in [6, 6.07) is 15.2. The summed E-state index contributed by atoms with van der Waals surface area (Å²) < 4.78 is 16.1. The fraction of sp³-hybridized carbons (Fsp3) is 0.375. The molecule has 1 aromatic heterocycles. The van der Waals surface area contributed by atoms with Gasteiger partial charge in [0.25, 0.3) is 0 Å². The van der Waals surface area contributed by atoms with Crippen molar-refractivity contribution >= 4 is 17.5 Å². The number of rotatable bonds is 13. The number of halogens is 1. The lowest BCUT2D eigenvalue weighted by Gasteiger charge is -2.08. The molecule has 8 heteroatoms. The standard InChI is InChI=1S/C24H28ClN3O4/c1-2-30-13-14-31-17-19-6-3-5-18(15-19)16-26-22(29)7-4-8-23-27-24(28-32-23)20-9-11-21(25)12-10-20/h3,5-6,9-12,15H,2,4,7-8,13-14,16-17H2,1H3,(H,26,29). The first-order valence-corrected chi connectivity index (χ1v) is 11.1. The van der Waals surface area contributed by atoms with Gasteiger partial charge >= 0.3 is 0 Å². The highest BCUT2D eigenvalue weighted by Crippen LogP contribution is 2.19. The molecule has 3 aromatic rings. The zero-order valence-electron chi connectivity index (χ0n) is 18.2. The van der Waals surface area contributed by atoms with E-state index in [1.54, 1.807) is 12.1 Å². The number of amides is 1. The molecule has 0 saturated carbocycles. The smallest absolute Gasteiger partial charge is 0.226 e. The maximum Gasteiger partial charge on any atom is 0.226 e. The van der Waals surface area contributed by atoms with Crippen LogP contribution in [0.2, 0.25) is 5.02 Å². The molecule has 0 atom stereocenters. The van der Waals surface area contributed by atoms with Crippen LogP contribution in [0.1, 0.15) is 36.8 Å². The molecule has 0 fully saturated rings. The highest BCUT2D eigenvalue weighted by atomic mass is 35.5. The van der Waals surface area contributed by atoms with Crippen LogP contribution in [0.25, 0.3) is 11.4 Å². The van der Waals surface area contributed by atoms with Crippen molar-refractivity contribution in [3.05, 3.63) is 70.6 Å². The van der Waals surface area contributed by atoms with Crippen molar-refractivity contribution in [1.82, 2.24) is 15.5 Å². The van der Waals surface area contributed by atoms with Crippen LogP contribution in [-0.4, -0.2) is 35.9 Å². The Hall–Kier alpha value is -2.74. The van der Waals surface area contributed by atoms with Gasteiger partial charge < -0.3 is 19.3 Å². The number of aryl methyl sites for hydroxylation is 1. The van der Waals surface area contributed by atoms with Gasteiger partial charge in [0, 0.05) is 36.6 Å². The lowest BCUT2D eigenvalue weighted by atomic mass is 10.1. The second kappa shape index (κ2) is 13.0. The third kappa shape index (κ3) is 8.07. The third-order valence-corrected chi connectivity index (χ3v) is 4.94. The molecule has 0 aliphatic heterocycles. The van der Waals surface area contributed by atoms with Gasteiger partial charge in [0.1, 0.15) is 0 Å². The number of carbonyl (C=O) groups excluding carboxylic acids is 1. The van der Waals surface area contributed by atoms with Gasteiger partial charge in [0.15, 0.2) is 0 Å². The summed E-state index contributed by atoms with van der Waals surface area (Å²) >= 11 is 5.90. The number of nitrogens with zero attached hydrogens (tertiary/aromatic N) is 2. The predicted molar refractivity (Wildman–Crippen MR) is 122 cm³/mol. The number of benzene rings is 2. The zero-order valence-corrected chi connectivity index (χ0v) is 18.9. The minimum Gasteiger partial charge on any atom is -0.379 e. The molecule has 0 unspecified atom stereocenters. The Balaban J connectivity index is 1.36. The Morgan fingerprint density at radius 2 is 1.88 bits per heavy atom. The lowest BCUT2D eigenvalue weighted by Crippen LogP contribution is -2.22. The maximum absolute atomic E-state index is 12.2. The average Bonchev–Trinajstić information content (AvgIpc) is 3.27. The molecule has 1 amide bonds. The summed E-state index contributed by atoms with van der Waals surface area (Å²) in [4.78, 5) is 16.6. The molecule has 32 heavy (non-hydrogen) atoms. The van der Waals surface area contributed by atoms with Crippen molar-refractivity contribution in [3.8, 4) is 11.4 Å². The number of carbonyl (C=O) groups is 1. The molecule has 0 spiro atoms. The quantitative estimate of drug-likeness (QED) is 0.378. The first-order chi connectivity index (χ1) is 15.6. The molecular weight excluding hydrogens is 430 g/mol. The van der Waals surface area contributed by atoms with E-state index in [-0.39, 0.29) is 5.91 Å². The summed E-state index contributed by atoms with van der Waals surface area (Å²) in [7, 11) is 0. The van der Waals surface area contributed by atoms with E-state index in [0.29, 0.717) is 69.0 Å². The van der Waals surface area contributed by atoms with Crippen molar-refractivity contribution in [2.75, 3.05) is 19.8 Å². The highest BCUT2D eigenvalue weighted by Gasteiger charge is 2.10. The monoisotopic (exact) mass is 457 g/mol. The summed E-state index contributed by atoms with van der Waals surface area (Å²) in [5.41, 5.74) is 2.94. The molecule has 170 valence electrons. The lowest BCUT2D eigenvalue weighted by molar-refractivity contribution is -0.121. The maximum atomic E-state index is 12.2. The largest absolute Gasteiger partial charge is 0.379 e. The Morgan fingerprint density at radius 3 is 2.69 bits per heavy atom. The minimum absolute atomic E-state index is 0.0131. The number of hydrogen-bond donors (Lipinski definition) is 1. The number of nitrogens with one attached hydrogen (secondary N) is 1. The summed E-state index contributed by atoms with van der Waals surface area (Å²) in [5.74, 6) is 1.02. The normalized spacial score (nSPS) is 10.9. The zero-order chi connectivity index (χ0) is 22.6. The van der Waals surface area contributed by atoms with Crippen LogP contribution in [-0.2, 0) is 33.8 Å². The predicted octanol–water partition coefficient (Wildman–Crippen LogP) is 4.58. The second-order valence-corrected chi connectivity index (χ2v) is 7.65. The molecule has 1 heterocycles. The molecule has 7 nitrogen and oxygen atoms in total. The van der Waals surface area contributed by atoms with Crippen molar-refractivity contribution < 1.29 is 18.8 Å². The van der Waals surface area contributed by atoms with Crippen molar-refractivity contribution in [2.45, 2.75) is 39.3 Å². The fourth-order valence-corrected chi connectivity index (χ4v) is 3.17. The first kappa shape index (κ1) is 23.9. The van der Waals surface area contributed by atoms with Crippen LogP contribution >= 0.6 is 11.6 Å². The van der Waals surface area contributed by atoms with E-state index in [0.717, 1.165) is 16.7 Å². The summed E-state index contributed by atoms with van der Waals surface area (Å²) in [6.45, 7) is 4.82. The van der Waals surface area contributed by atoms with Gasteiger partial charge in [0.2, 0.25) is 17.6 Å². The van der Waals surface area contributed by atoms with Crippen LogP contribution in [0.5, 0.6) is 0 Å².